The third-order valence-electron chi connectivity index (χ3n) is 2.11. The molecule has 12 heavy (non-hydrogen) atoms. The van der Waals surface area contributed by atoms with Gasteiger partial charge in [0, 0.05) is 0 Å². The highest BCUT2D eigenvalue weighted by Gasteiger charge is 2.56. The van der Waals surface area contributed by atoms with Gasteiger partial charge in [-0.1, -0.05) is 11.6 Å². The molecule has 3 nitrogen and oxygen atoms in total. The molecule has 2 saturated heterocycles. The molecule has 2 fully saturated rings. The van der Waals surface area contributed by atoms with E-state index in [1.807, 2.05) is 6.92 Å². The normalized spacial score (nSPS) is 29.8. The highest BCUT2D eigenvalue weighted by atomic mass is 16.6. The average molecular weight is 163 g/mol. The van der Waals surface area contributed by atoms with Gasteiger partial charge in [0.1, 0.15) is 0 Å². The summed E-state index contributed by atoms with van der Waals surface area (Å²) in [6, 6.07) is 0. The van der Waals surface area contributed by atoms with Crippen LogP contribution in [0.3, 0.4) is 0 Å². The summed E-state index contributed by atoms with van der Waals surface area (Å²) >= 11 is 0. The quantitative estimate of drug-likeness (QED) is 0.337. The van der Waals surface area contributed by atoms with Crippen molar-refractivity contribution in [1.82, 2.24) is 0 Å². The number of aliphatic imine (C=N–C) groups is 1. The number of nitrogens with zero attached hydrogens (tertiary/aromatic N) is 1. The van der Waals surface area contributed by atoms with Gasteiger partial charge in [0.15, 0.2) is 5.80 Å². The van der Waals surface area contributed by atoms with Crippen LogP contribution in [-0.4, -0.2) is 32.6 Å². The van der Waals surface area contributed by atoms with E-state index in [0.29, 0.717) is 5.90 Å². The Morgan fingerprint density at radius 3 is 3.17 bits per heavy atom. The van der Waals surface area contributed by atoms with Gasteiger partial charge in [-0.15, -0.1) is 0 Å². The monoisotopic (exact) mass is 163 g/mol. The van der Waals surface area contributed by atoms with Crippen molar-refractivity contribution in [1.29, 1.82) is 0 Å². The minimum absolute atomic E-state index is 0.189. The molecule has 0 bridgehead atoms. The van der Waals surface area contributed by atoms with E-state index in [1.54, 1.807) is 0 Å². The first-order valence-corrected chi connectivity index (χ1v) is 4.25. The minimum atomic E-state index is 0.189. The molecule has 62 valence electrons. The average Bonchev–Trinajstić information content (AvgIpc) is 2.89. The number of hydrogen-bond acceptors (Lipinski definition) is 3. The van der Waals surface area contributed by atoms with Crippen molar-refractivity contribution in [3.63, 3.8) is 0 Å². The first kappa shape index (κ1) is 7.92. The molecule has 0 aromatic carbocycles. The van der Waals surface area contributed by atoms with Crippen molar-refractivity contribution in [2.45, 2.75) is 19.8 Å². The van der Waals surface area contributed by atoms with E-state index in [2.05, 4.69) is 18.0 Å². The first-order valence-electron chi connectivity index (χ1n) is 4.25. The maximum Gasteiger partial charge on any atom is 0.474 e. The zero-order chi connectivity index (χ0) is 8.55. The van der Waals surface area contributed by atoms with Gasteiger partial charge in [0.05, 0.1) is 12.4 Å². The van der Waals surface area contributed by atoms with Crippen molar-refractivity contribution in [2.75, 3.05) is 6.54 Å². The molecule has 0 spiro atoms. The van der Waals surface area contributed by atoms with Gasteiger partial charge in [-0.3, -0.25) is 4.99 Å². The highest BCUT2D eigenvalue weighted by Crippen LogP contribution is 2.23. The van der Waals surface area contributed by atoms with Crippen molar-refractivity contribution in [3.05, 3.63) is 11.6 Å². The maximum absolute atomic E-state index is 5.23. The summed E-state index contributed by atoms with van der Waals surface area (Å²) in [4.78, 5) is 4.30. The summed E-state index contributed by atoms with van der Waals surface area (Å²) < 4.78 is 10.3. The van der Waals surface area contributed by atoms with Gasteiger partial charge in [0.25, 0.3) is 7.48 Å². The van der Waals surface area contributed by atoms with Gasteiger partial charge in [-0.2, -0.15) is 0 Å². The van der Waals surface area contributed by atoms with Crippen LogP contribution in [0, 0.1) is 0 Å². The lowest BCUT2D eigenvalue weighted by Crippen LogP contribution is -2.05. The van der Waals surface area contributed by atoms with E-state index in [1.165, 1.54) is 5.57 Å². The van der Waals surface area contributed by atoms with E-state index in [-0.39, 0.29) is 6.92 Å². The van der Waals surface area contributed by atoms with E-state index in [4.69, 9.17) is 9.31 Å². The molecule has 0 radical (unpaired) electrons. The van der Waals surface area contributed by atoms with E-state index < -0.39 is 0 Å². The van der Waals surface area contributed by atoms with Crippen molar-refractivity contribution in [3.8, 4) is 0 Å². The maximum atomic E-state index is 5.23. The summed E-state index contributed by atoms with van der Waals surface area (Å²) in [7, 11) is 0.840. The largest absolute Gasteiger partial charge is 0.545 e. The van der Waals surface area contributed by atoms with Crippen LogP contribution in [0.15, 0.2) is 16.6 Å². The van der Waals surface area contributed by atoms with Crippen LogP contribution in [0.5, 0.6) is 0 Å². The fourth-order valence-electron chi connectivity index (χ4n) is 0.982. The van der Waals surface area contributed by atoms with Gasteiger partial charge in [-0.25, -0.2) is 0 Å². The number of hydrogen-bond donors (Lipinski definition) is 0. The Kier molecular flexibility index (Phi) is 1.97. The van der Waals surface area contributed by atoms with Crippen LogP contribution < -0.4 is 0 Å². The second kappa shape index (κ2) is 2.98. The zero-order valence-electron chi connectivity index (χ0n) is 7.41. The molecule has 2 heterocycles. The van der Waals surface area contributed by atoms with Crippen LogP contribution in [0.25, 0.3) is 0 Å². The predicted octanol–water partition coefficient (Wildman–Crippen LogP) is 0.159. The Hall–Kier alpha value is -0.700. The zero-order valence-corrected chi connectivity index (χ0v) is 7.41. The fourth-order valence-corrected chi connectivity index (χ4v) is 0.982. The lowest BCUT2D eigenvalue weighted by atomic mass is 9.65. The van der Waals surface area contributed by atoms with E-state index in [9.17, 15) is 0 Å². The van der Waals surface area contributed by atoms with Crippen LogP contribution >= 0.6 is 0 Å². The molecule has 0 N–H and O–H groups in total. The Bertz CT molecular complexity index is 248. The van der Waals surface area contributed by atoms with Crippen LogP contribution in [-0.2, 0) is 9.31 Å². The Morgan fingerprint density at radius 2 is 2.58 bits per heavy atom. The molecule has 1 unspecified atom stereocenters. The van der Waals surface area contributed by atoms with Crippen molar-refractivity contribution >= 4 is 20.2 Å². The van der Waals surface area contributed by atoms with Gasteiger partial charge in [0.2, 0.25) is 0 Å². The lowest BCUT2D eigenvalue weighted by molar-refractivity contribution is 0.513. The van der Waals surface area contributed by atoms with Crippen LogP contribution in [0.1, 0.15) is 13.8 Å². The first-order chi connectivity index (χ1) is 5.81. The molecule has 5 heteroatoms. The van der Waals surface area contributed by atoms with E-state index >= 15 is 0 Å². The third-order valence-corrected chi connectivity index (χ3v) is 2.11. The Morgan fingerprint density at radius 1 is 1.83 bits per heavy atom. The van der Waals surface area contributed by atoms with Gasteiger partial charge >= 0.3 is 6.92 Å². The SMILES string of the molecule is C/C=C(\C)C/N=C1/OB1C1BO1. The predicted molar refractivity (Wildman–Crippen MR) is 50.6 cm³/mol. The molecule has 2 aliphatic heterocycles. The molecule has 2 aliphatic rings. The Labute approximate surface area is 73.2 Å². The summed E-state index contributed by atoms with van der Waals surface area (Å²) in [6.45, 7) is 5.03. The van der Waals surface area contributed by atoms with Gasteiger partial charge in [-0.05, 0) is 13.8 Å². The smallest absolute Gasteiger partial charge is 0.474 e. The van der Waals surface area contributed by atoms with Gasteiger partial charge < -0.3 is 9.31 Å². The highest BCUT2D eigenvalue weighted by molar-refractivity contribution is 7.04. The van der Waals surface area contributed by atoms with Crippen LogP contribution in [0.4, 0.5) is 0 Å². The minimum Gasteiger partial charge on any atom is -0.545 e. The summed E-state index contributed by atoms with van der Waals surface area (Å²) in [5.74, 6) is 1.19. The summed E-state index contributed by atoms with van der Waals surface area (Å²) in [6.07, 6.45) is 2.06. The Balaban J connectivity index is 1.79. The number of allylic oxidation sites excluding steroid dienone is 1. The molecule has 0 aromatic heterocycles. The fraction of sp³-hybridized carbons (Fsp3) is 0.571. The molecule has 1 atom stereocenters. The second-order valence-corrected chi connectivity index (χ2v) is 3.20. The van der Waals surface area contributed by atoms with E-state index in [0.717, 1.165) is 19.8 Å². The molecule has 0 saturated carbocycles. The topological polar surface area (TPSA) is 37.4 Å². The molecular formula is C7H11B2NO2. The van der Waals surface area contributed by atoms with Crippen molar-refractivity contribution in [2.24, 2.45) is 4.99 Å². The van der Waals surface area contributed by atoms with Crippen LogP contribution in [0.2, 0.25) is 0 Å². The lowest BCUT2D eigenvalue weighted by Gasteiger charge is -1.88. The second-order valence-electron chi connectivity index (χ2n) is 3.20. The van der Waals surface area contributed by atoms with Crippen molar-refractivity contribution < 1.29 is 9.31 Å². The number of rotatable bonds is 3. The summed E-state index contributed by atoms with van der Waals surface area (Å²) in [5.41, 5.74) is 1.27. The summed E-state index contributed by atoms with van der Waals surface area (Å²) in [5, 5.41) is 0. The molecular weight excluding hydrogens is 152 g/mol. The molecule has 0 aromatic rings. The standard InChI is InChI=1S/C7H11B2NO2/c1-3-5(2)4-10-7-9(12-7)6-8-11-6/h3,6,8H,4H2,1-2H3/b5-3+,10-7+. The molecule has 0 aliphatic carbocycles. The molecule has 0 amide bonds. The molecule has 2 rings (SSSR count). The third kappa shape index (κ3) is 1.72.